The molecule has 1 aromatic heterocycles. The standard InChI is InChI=1S/C11H16N2OS.ClH/c14-10(11-3-1-8-15-11)9-13-6-2-4-12-5-7-13;/h1,3,8,12H,2,4-7,9H2;1H. The normalized spacial score (nSPS) is 17.5. The van der Waals surface area contributed by atoms with Crippen LogP contribution in [0, 0.1) is 0 Å². The lowest BCUT2D eigenvalue weighted by atomic mass is 10.3. The van der Waals surface area contributed by atoms with Crippen molar-refractivity contribution in [1.29, 1.82) is 0 Å². The molecule has 1 aromatic rings. The fourth-order valence-electron chi connectivity index (χ4n) is 1.78. The van der Waals surface area contributed by atoms with Crippen LogP contribution in [0.3, 0.4) is 0 Å². The van der Waals surface area contributed by atoms with Gasteiger partial charge in [0.05, 0.1) is 11.4 Å². The maximum atomic E-state index is 11.8. The molecule has 1 aliphatic heterocycles. The van der Waals surface area contributed by atoms with Gasteiger partial charge >= 0.3 is 0 Å². The van der Waals surface area contributed by atoms with Gasteiger partial charge in [0.15, 0.2) is 5.78 Å². The van der Waals surface area contributed by atoms with E-state index in [4.69, 9.17) is 0 Å². The summed E-state index contributed by atoms with van der Waals surface area (Å²) in [5.41, 5.74) is 0. The first kappa shape index (κ1) is 13.6. The van der Waals surface area contributed by atoms with Gasteiger partial charge in [-0.3, -0.25) is 9.69 Å². The number of rotatable bonds is 3. The number of nitrogens with zero attached hydrogens (tertiary/aromatic N) is 1. The number of carbonyl (C=O) groups excluding carboxylic acids is 1. The second kappa shape index (κ2) is 7.01. The van der Waals surface area contributed by atoms with Crippen LogP contribution in [0.2, 0.25) is 0 Å². The molecular weight excluding hydrogens is 244 g/mol. The van der Waals surface area contributed by atoms with Gasteiger partial charge in [-0.1, -0.05) is 6.07 Å². The number of ketones is 1. The van der Waals surface area contributed by atoms with E-state index < -0.39 is 0 Å². The molecule has 1 aliphatic rings. The third-order valence-electron chi connectivity index (χ3n) is 2.60. The molecule has 0 amide bonds. The number of Topliss-reactive ketones (excluding diaryl/α,β-unsaturated/α-hetero) is 1. The Morgan fingerprint density at radius 3 is 3.06 bits per heavy atom. The van der Waals surface area contributed by atoms with Crippen LogP contribution in [0.4, 0.5) is 0 Å². The zero-order valence-electron chi connectivity index (χ0n) is 9.15. The number of thiophene rings is 1. The van der Waals surface area contributed by atoms with Crippen LogP contribution in [-0.2, 0) is 0 Å². The predicted octanol–water partition coefficient (Wildman–Crippen LogP) is 1.65. The fraction of sp³-hybridized carbons (Fsp3) is 0.545. The summed E-state index contributed by atoms with van der Waals surface area (Å²) in [6.07, 6.45) is 1.14. The van der Waals surface area contributed by atoms with Crippen molar-refractivity contribution in [3.05, 3.63) is 22.4 Å². The summed E-state index contributed by atoms with van der Waals surface area (Å²) in [5, 5.41) is 5.29. The number of hydrogen-bond donors (Lipinski definition) is 1. The maximum Gasteiger partial charge on any atom is 0.186 e. The zero-order valence-corrected chi connectivity index (χ0v) is 10.8. The summed E-state index contributed by atoms with van der Waals surface area (Å²) in [4.78, 5) is 15.0. The molecule has 2 rings (SSSR count). The van der Waals surface area contributed by atoms with E-state index in [1.54, 1.807) is 0 Å². The highest BCUT2D eigenvalue weighted by Crippen LogP contribution is 2.10. The summed E-state index contributed by atoms with van der Waals surface area (Å²) in [6.45, 7) is 4.66. The van der Waals surface area contributed by atoms with Gasteiger partial charge in [0.25, 0.3) is 0 Å². The quantitative estimate of drug-likeness (QED) is 0.839. The van der Waals surface area contributed by atoms with Crippen LogP contribution in [0.15, 0.2) is 17.5 Å². The molecule has 0 bridgehead atoms. The van der Waals surface area contributed by atoms with Crippen molar-refractivity contribution >= 4 is 29.5 Å². The Labute approximate surface area is 106 Å². The zero-order chi connectivity index (χ0) is 10.5. The molecule has 1 fully saturated rings. The molecule has 0 unspecified atom stereocenters. The Bertz CT molecular complexity index is 308. The van der Waals surface area contributed by atoms with E-state index in [1.165, 1.54) is 11.3 Å². The van der Waals surface area contributed by atoms with Gasteiger partial charge in [0.1, 0.15) is 0 Å². The summed E-state index contributed by atoms with van der Waals surface area (Å²) in [6, 6.07) is 3.84. The van der Waals surface area contributed by atoms with Gasteiger partial charge in [-0.2, -0.15) is 0 Å². The van der Waals surface area contributed by atoms with E-state index in [0.717, 1.165) is 37.5 Å². The van der Waals surface area contributed by atoms with E-state index in [9.17, 15) is 4.79 Å². The molecule has 0 aliphatic carbocycles. The molecule has 2 heterocycles. The van der Waals surface area contributed by atoms with Crippen molar-refractivity contribution in [1.82, 2.24) is 10.2 Å². The van der Waals surface area contributed by atoms with Crippen molar-refractivity contribution in [2.24, 2.45) is 0 Å². The predicted molar refractivity (Wildman–Crippen MR) is 69.8 cm³/mol. The Morgan fingerprint density at radius 1 is 1.44 bits per heavy atom. The molecular formula is C11H17ClN2OS. The lowest BCUT2D eigenvalue weighted by Gasteiger charge is -2.17. The highest BCUT2D eigenvalue weighted by molar-refractivity contribution is 7.12. The minimum atomic E-state index is 0. The topological polar surface area (TPSA) is 32.3 Å². The molecule has 1 N–H and O–H groups in total. The van der Waals surface area contributed by atoms with Crippen molar-refractivity contribution in [2.75, 3.05) is 32.7 Å². The molecule has 0 spiro atoms. The van der Waals surface area contributed by atoms with Crippen molar-refractivity contribution in [2.45, 2.75) is 6.42 Å². The Hall–Kier alpha value is -0.420. The van der Waals surface area contributed by atoms with E-state index in [0.29, 0.717) is 6.54 Å². The van der Waals surface area contributed by atoms with Crippen LogP contribution in [0.1, 0.15) is 16.1 Å². The van der Waals surface area contributed by atoms with Gasteiger partial charge in [-0.05, 0) is 31.0 Å². The molecule has 0 atom stereocenters. The first-order chi connectivity index (χ1) is 7.36. The van der Waals surface area contributed by atoms with Gasteiger partial charge < -0.3 is 5.32 Å². The number of halogens is 1. The monoisotopic (exact) mass is 260 g/mol. The van der Waals surface area contributed by atoms with Crippen molar-refractivity contribution < 1.29 is 4.79 Å². The largest absolute Gasteiger partial charge is 0.315 e. The van der Waals surface area contributed by atoms with Gasteiger partial charge in [0.2, 0.25) is 0 Å². The Balaban J connectivity index is 0.00000128. The van der Waals surface area contributed by atoms with Gasteiger partial charge in [0, 0.05) is 13.1 Å². The molecule has 0 aromatic carbocycles. The van der Waals surface area contributed by atoms with E-state index >= 15 is 0 Å². The summed E-state index contributed by atoms with van der Waals surface area (Å²) in [7, 11) is 0. The summed E-state index contributed by atoms with van der Waals surface area (Å²) >= 11 is 1.53. The lowest BCUT2D eigenvalue weighted by Crippen LogP contribution is -2.32. The van der Waals surface area contributed by atoms with Crippen molar-refractivity contribution in [3.63, 3.8) is 0 Å². The third kappa shape index (κ3) is 3.87. The Morgan fingerprint density at radius 2 is 2.31 bits per heavy atom. The first-order valence-corrected chi connectivity index (χ1v) is 6.24. The number of hydrogen-bond acceptors (Lipinski definition) is 4. The lowest BCUT2D eigenvalue weighted by molar-refractivity contribution is 0.0939. The second-order valence-corrected chi connectivity index (χ2v) is 4.73. The van der Waals surface area contributed by atoms with Gasteiger partial charge in [-0.15, -0.1) is 23.7 Å². The SMILES string of the molecule is Cl.O=C(CN1CCCNCC1)c1cccs1. The van der Waals surface area contributed by atoms with Crippen molar-refractivity contribution in [3.8, 4) is 0 Å². The molecule has 16 heavy (non-hydrogen) atoms. The van der Waals surface area contributed by atoms with Crippen LogP contribution >= 0.6 is 23.7 Å². The molecule has 5 heteroatoms. The fourth-order valence-corrected chi connectivity index (χ4v) is 2.43. The summed E-state index contributed by atoms with van der Waals surface area (Å²) in [5.74, 6) is 0.256. The highest BCUT2D eigenvalue weighted by atomic mass is 35.5. The van der Waals surface area contributed by atoms with Crippen LogP contribution in [-0.4, -0.2) is 43.4 Å². The van der Waals surface area contributed by atoms with E-state index in [-0.39, 0.29) is 18.2 Å². The second-order valence-electron chi connectivity index (χ2n) is 3.78. The highest BCUT2D eigenvalue weighted by Gasteiger charge is 2.14. The molecule has 90 valence electrons. The molecule has 0 radical (unpaired) electrons. The van der Waals surface area contributed by atoms with Crippen LogP contribution in [0.5, 0.6) is 0 Å². The third-order valence-corrected chi connectivity index (χ3v) is 3.51. The molecule has 0 saturated carbocycles. The smallest absolute Gasteiger partial charge is 0.186 e. The first-order valence-electron chi connectivity index (χ1n) is 5.36. The minimum absolute atomic E-state index is 0. The van der Waals surface area contributed by atoms with Gasteiger partial charge in [-0.25, -0.2) is 0 Å². The average molecular weight is 261 g/mol. The van der Waals surface area contributed by atoms with Crippen LogP contribution < -0.4 is 5.32 Å². The summed E-state index contributed by atoms with van der Waals surface area (Å²) < 4.78 is 0. The van der Waals surface area contributed by atoms with E-state index in [2.05, 4.69) is 10.2 Å². The van der Waals surface area contributed by atoms with E-state index in [1.807, 2.05) is 17.5 Å². The molecule has 3 nitrogen and oxygen atoms in total. The number of nitrogens with one attached hydrogen (secondary N) is 1. The van der Waals surface area contributed by atoms with Crippen LogP contribution in [0.25, 0.3) is 0 Å². The molecule has 1 saturated heterocycles. The maximum absolute atomic E-state index is 11.8. The minimum Gasteiger partial charge on any atom is -0.315 e. The number of carbonyl (C=O) groups is 1. The average Bonchev–Trinajstić information content (AvgIpc) is 2.65. The Kier molecular flexibility index (Phi) is 5.98.